The first-order chi connectivity index (χ1) is 14.3. The van der Waals surface area contributed by atoms with Gasteiger partial charge >= 0.3 is 6.18 Å². The van der Waals surface area contributed by atoms with Crippen LogP contribution in [0.1, 0.15) is 29.7 Å². The third kappa shape index (κ3) is 6.35. The summed E-state index contributed by atoms with van der Waals surface area (Å²) >= 11 is 1.08. The molecular formula is C21H20F3N3O2S. The summed E-state index contributed by atoms with van der Waals surface area (Å²) in [6, 6.07) is 11.8. The highest BCUT2D eigenvalue weighted by Gasteiger charge is 2.34. The van der Waals surface area contributed by atoms with Gasteiger partial charge in [0.15, 0.2) is 10.9 Å². The fourth-order valence-electron chi connectivity index (χ4n) is 2.58. The monoisotopic (exact) mass is 435 g/mol. The Morgan fingerprint density at radius 3 is 2.60 bits per heavy atom. The van der Waals surface area contributed by atoms with Crippen LogP contribution in [0.5, 0.6) is 0 Å². The summed E-state index contributed by atoms with van der Waals surface area (Å²) in [4.78, 5) is 19.7. The lowest BCUT2D eigenvalue weighted by Gasteiger charge is -2.09. The summed E-state index contributed by atoms with van der Waals surface area (Å²) < 4.78 is 44.6. The van der Waals surface area contributed by atoms with Crippen LogP contribution in [0, 0.1) is 6.92 Å². The topological polar surface area (TPSA) is 68.0 Å². The van der Waals surface area contributed by atoms with Gasteiger partial charge in [0, 0.05) is 18.7 Å². The van der Waals surface area contributed by atoms with Crippen LogP contribution in [0.2, 0.25) is 0 Å². The number of rotatable bonds is 8. The highest BCUT2D eigenvalue weighted by atomic mass is 32.2. The molecule has 0 saturated heterocycles. The van der Waals surface area contributed by atoms with E-state index >= 15 is 0 Å². The largest absolute Gasteiger partial charge is 0.463 e. The Morgan fingerprint density at radius 1 is 1.17 bits per heavy atom. The zero-order valence-corrected chi connectivity index (χ0v) is 17.0. The van der Waals surface area contributed by atoms with Crippen molar-refractivity contribution in [3.8, 4) is 11.5 Å². The lowest BCUT2D eigenvalue weighted by Crippen LogP contribution is -2.22. The Hall–Kier alpha value is -2.81. The second-order valence-corrected chi connectivity index (χ2v) is 7.67. The number of carbonyl (C=O) groups excluding carboxylic acids is 1. The Bertz CT molecular complexity index is 974. The molecule has 3 aromatic rings. The predicted molar refractivity (Wildman–Crippen MR) is 108 cm³/mol. The average Bonchev–Trinajstić information content (AvgIpc) is 3.25. The van der Waals surface area contributed by atoms with Crippen LogP contribution < -0.4 is 5.32 Å². The summed E-state index contributed by atoms with van der Waals surface area (Å²) in [6.45, 7) is 2.43. The molecule has 0 unspecified atom stereocenters. The van der Waals surface area contributed by atoms with E-state index in [1.54, 1.807) is 6.07 Å². The minimum atomic E-state index is -4.59. The first-order valence-electron chi connectivity index (χ1n) is 9.26. The van der Waals surface area contributed by atoms with Crippen molar-refractivity contribution in [3.05, 3.63) is 65.5 Å². The van der Waals surface area contributed by atoms with E-state index in [4.69, 9.17) is 4.42 Å². The maximum absolute atomic E-state index is 13.1. The maximum atomic E-state index is 13.1. The van der Waals surface area contributed by atoms with Crippen molar-refractivity contribution in [1.82, 2.24) is 15.3 Å². The van der Waals surface area contributed by atoms with Gasteiger partial charge in [-0.3, -0.25) is 4.79 Å². The lowest BCUT2D eigenvalue weighted by molar-refractivity contribution is -0.141. The van der Waals surface area contributed by atoms with Gasteiger partial charge in [-0.1, -0.05) is 41.6 Å². The Kier molecular flexibility index (Phi) is 7.15. The number of hydrogen-bond donors (Lipinski definition) is 1. The van der Waals surface area contributed by atoms with E-state index < -0.39 is 11.9 Å². The molecule has 3 rings (SSSR count). The summed E-state index contributed by atoms with van der Waals surface area (Å²) in [7, 11) is 0. The molecule has 2 aromatic heterocycles. The zero-order chi connectivity index (χ0) is 21.6. The molecule has 158 valence electrons. The predicted octanol–water partition coefficient (Wildman–Crippen LogP) is 5.25. The van der Waals surface area contributed by atoms with Crippen LogP contribution in [0.3, 0.4) is 0 Å². The van der Waals surface area contributed by atoms with Crippen LogP contribution in [-0.4, -0.2) is 21.6 Å². The average molecular weight is 435 g/mol. The van der Waals surface area contributed by atoms with Crippen LogP contribution in [0.25, 0.3) is 11.5 Å². The molecule has 0 bridgehead atoms. The van der Waals surface area contributed by atoms with Gasteiger partial charge < -0.3 is 9.73 Å². The number of aryl methyl sites for hydroxylation is 1. The third-order valence-electron chi connectivity index (χ3n) is 4.16. The third-order valence-corrected chi connectivity index (χ3v) is 5.09. The molecule has 0 atom stereocenters. The van der Waals surface area contributed by atoms with Crippen molar-refractivity contribution >= 4 is 17.7 Å². The van der Waals surface area contributed by atoms with E-state index in [1.165, 1.54) is 12.3 Å². The number of alkyl halides is 3. The van der Waals surface area contributed by atoms with Crippen molar-refractivity contribution in [2.75, 3.05) is 5.75 Å². The molecule has 0 aliphatic carbocycles. The lowest BCUT2D eigenvalue weighted by atomic mass is 10.1. The minimum Gasteiger partial charge on any atom is -0.463 e. The number of nitrogens with one attached hydrogen (secondary N) is 1. The van der Waals surface area contributed by atoms with Gasteiger partial charge in [-0.25, -0.2) is 9.97 Å². The molecule has 1 aromatic carbocycles. The normalized spacial score (nSPS) is 11.5. The molecule has 5 nitrogen and oxygen atoms in total. The van der Waals surface area contributed by atoms with Crippen molar-refractivity contribution in [2.24, 2.45) is 0 Å². The molecule has 2 heterocycles. The number of hydrogen-bond acceptors (Lipinski definition) is 5. The molecular weight excluding hydrogens is 415 g/mol. The smallest absolute Gasteiger partial charge is 0.433 e. The number of carbonyl (C=O) groups is 1. The molecule has 1 amide bonds. The number of thioether (sulfide) groups is 1. The second-order valence-electron chi connectivity index (χ2n) is 6.61. The standard InChI is InChI=1S/C21H20F3N3O2S/c1-14-6-8-15(9-7-14)13-25-19(28)5-3-11-30-20-26-16(17-4-2-10-29-17)12-18(27-20)21(22,23)24/h2,4,6-10,12H,3,5,11,13H2,1H3,(H,25,28). The number of furan rings is 1. The molecule has 0 fully saturated rings. The van der Waals surface area contributed by atoms with Crippen molar-refractivity contribution in [3.63, 3.8) is 0 Å². The maximum Gasteiger partial charge on any atom is 0.433 e. The summed E-state index contributed by atoms with van der Waals surface area (Å²) in [6.07, 6.45) is -2.47. The molecule has 0 aliphatic heterocycles. The first kappa shape index (κ1) is 21.9. The van der Waals surface area contributed by atoms with Crippen LogP contribution in [0.4, 0.5) is 13.2 Å². The van der Waals surface area contributed by atoms with Crippen molar-refractivity contribution < 1.29 is 22.4 Å². The van der Waals surface area contributed by atoms with Crippen LogP contribution >= 0.6 is 11.8 Å². The number of amides is 1. The molecule has 1 N–H and O–H groups in total. The molecule has 0 radical (unpaired) electrons. The van der Waals surface area contributed by atoms with E-state index in [9.17, 15) is 18.0 Å². The van der Waals surface area contributed by atoms with Gasteiger partial charge in [-0.15, -0.1) is 0 Å². The quantitative estimate of drug-likeness (QED) is 0.297. The van der Waals surface area contributed by atoms with E-state index in [1.807, 2.05) is 31.2 Å². The number of aromatic nitrogens is 2. The van der Waals surface area contributed by atoms with Crippen molar-refractivity contribution in [1.29, 1.82) is 0 Å². The number of benzene rings is 1. The molecule has 0 spiro atoms. The molecule has 0 aliphatic rings. The van der Waals surface area contributed by atoms with E-state index in [0.717, 1.165) is 29.0 Å². The van der Waals surface area contributed by atoms with E-state index in [-0.39, 0.29) is 28.9 Å². The fraction of sp³-hybridized carbons (Fsp3) is 0.286. The SMILES string of the molecule is Cc1ccc(CNC(=O)CCCSc2nc(-c3ccco3)cc(C(F)(F)F)n2)cc1. The first-order valence-corrected chi connectivity index (χ1v) is 10.2. The van der Waals surface area contributed by atoms with Gasteiger partial charge in [-0.05, 0) is 37.1 Å². The van der Waals surface area contributed by atoms with Gasteiger partial charge in [0.05, 0.1) is 6.26 Å². The summed E-state index contributed by atoms with van der Waals surface area (Å²) in [5.41, 5.74) is 1.20. The highest BCUT2D eigenvalue weighted by molar-refractivity contribution is 7.99. The van der Waals surface area contributed by atoms with E-state index in [2.05, 4.69) is 15.3 Å². The number of halogens is 3. The van der Waals surface area contributed by atoms with Gasteiger partial charge in [0.25, 0.3) is 0 Å². The minimum absolute atomic E-state index is 0.00344. The number of nitrogens with zero attached hydrogens (tertiary/aromatic N) is 2. The second kappa shape index (κ2) is 9.80. The Labute approximate surface area is 176 Å². The van der Waals surface area contributed by atoms with Gasteiger partial charge in [0.2, 0.25) is 5.91 Å². The zero-order valence-electron chi connectivity index (χ0n) is 16.2. The Balaban J connectivity index is 1.52. The fourth-order valence-corrected chi connectivity index (χ4v) is 3.37. The molecule has 30 heavy (non-hydrogen) atoms. The summed E-state index contributed by atoms with van der Waals surface area (Å²) in [5, 5.41) is 2.83. The van der Waals surface area contributed by atoms with Gasteiger partial charge in [-0.2, -0.15) is 13.2 Å². The van der Waals surface area contributed by atoms with Crippen LogP contribution in [-0.2, 0) is 17.5 Å². The molecule has 0 saturated carbocycles. The summed E-state index contributed by atoms with van der Waals surface area (Å²) in [5.74, 6) is 0.536. The molecule has 9 heteroatoms. The van der Waals surface area contributed by atoms with Crippen LogP contribution in [0.15, 0.2) is 58.3 Å². The Morgan fingerprint density at radius 2 is 1.93 bits per heavy atom. The van der Waals surface area contributed by atoms with Crippen molar-refractivity contribution in [2.45, 2.75) is 37.6 Å². The highest BCUT2D eigenvalue weighted by Crippen LogP contribution is 2.32. The van der Waals surface area contributed by atoms with E-state index in [0.29, 0.717) is 18.7 Å². The van der Waals surface area contributed by atoms with Gasteiger partial charge in [0.1, 0.15) is 11.4 Å².